The molecule has 202 valence electrons. The number of halogens is 1. The third kappa shape index (κ3) is 4.98. The smallest absolute Gasteiger partial charge is 0.0574 e. The average molecular weight is 605 g/mol. The van der Waals surface area contributed by atoms with Crippen molar-refractivity contribution in [1.29, 1.82) is 0 Å². The summed E-state index contributed by atoms with van der Waals surface area (Å²) in [7, 11) is 0. The highest BCUT2D eigenvalue weighted by Crippen LogP contribution is 2.69. The summed E-state index contributed by atoms with van der Waals surface area (Å²) in [4.78, 5) is 0. The molecule has 4 fully saturated rings. The predicted octanol–water partition coefficient (Wildman–Crippen LogP) is 9.54. The van der Waals surface area contributed by atoms with E-state index in [1.165, 1.54) is 73.3 Å². The maximum atomic E-state index is 11.2. The van der Waals surface area contributed by atoms with Crippen LogP contribution in [0.1, 0.15) is 111 Å². The number of aliphatic hydroxyl groups is 1. The fraction of sp³-hybridized carbons (Fsp3) is 0.824. The number of aliphatic hydroxyl groups excluding tert-OH is 1. The van der Waals surface area contributed by atoms with Gasteiger partial charge in [0.15, 0.2) is 0 Å². The summed E-state index contributed by atoms with van der Waals surface area (Å²) in [5.74, 6) is 6.59. The van der Waals surface area contributed by atoms with E-state index < -0.39 is 0 Å². The number of fused-ring (bicyclic) bond motifs is 5. The number of rotatable bonds is 7. The Morgan fingerprint density at radius 2 is 1.61 bits per heavy atom. The van der Waals surface area contributed by atoms with Crippen LogP contribution in [0.15, 0.2) is 24.3 Å². The second kappa shape index (κ2) is 10.8. The first-order valence-corrected chi connectivity index (χ1v) is 16.6. The molecule has 4 aliphatic carbocycles. The van der Waals surface area contributed by atoms with Crippen LogP contribution in [0, 0.1) is 61.7 Å². The molecule has 0 radical (unpaired) electrons. The molecule has 10 atom stereocenters. The number of benzene rings is 1. The van der Waals surface area contributed by atoms with Gasteiger partial charge in [0, 0.05) is 3.57 Å². The van der Waals surface area contributed by atoms with Crippen molar-refractivity contribution in [3.63, 3.8) is 0 Å². The van der Waals surface area contributed by atoms with Crippen LogP contribution in [-0.2, 0) is 6.42 Å². The lowest BCUT2D eigenvalue weighted by Gasteiger charge is -2.63. The van der Waals surface area contributed by atoms with Gasteiger partial charge in [-0.1, -0.05) is 66.0 Å². The molecule has 1 nitrogen and oxygen atoms in total. The van der Waals surface area contributed by atoms with E-state index in [9.17, 15) is 5.11 Å². The molecular formula is C34H53IO. The SMILES string of the molecule is CC(C)CCC[C@@H](C)[C@H]1CC[C@H]2[C@@H]3CCC4[C@H](Cc5cccc(I)c5)[C@H](O)CC[C@]4(C)[C@H]3CC[C@]12C. The van der Waals surface area contributed by atoms with E-state index >= 15 is 0 Å². The first-order chi connectivity index (χ1) is 17.1. The summed E-state index contributed by atoms with van der Waals surface area (Å²) in [6.07, 6.45) is 16.1. The average Bonchev–Trinajstić information content (AvgIpc) is 3.18. The quantitative estimate of drug-likeness (QED) is 0.308. The van der Waals surface area contributed by atoms with Gasteiger partial charge in [-0.2, -0.15) is 0 Å². The maximum Gasteiger partial charge on any atom is 0.0574 e. The molecule has 0 amide bonds. The van der Waals surface area contributed by atoms with Crippen LogP contribution in [-0.4, -0.2) is 11.2 Å². The van der Waals surface area contributed by atoms with Crippen LogP contribution in [0.25, 0.3) is 0 Å². The molecular weight excluding hydrogens is 551 g/mol. The summed E-state index contributed by atoms with van der Waals surface area (Å²) in [6.45, 7) is 12.8. The molecule has 0 spiro atoms. The third-order valence-electron chi connectivity index (χ3n) is 12.5. The van der Waals surface area contributed by atoms with Gasteiger partial charge >= 0.3 is 0 Å². The van der Waals surface area contributed by atoms with Gasteiger partial charge in [-0.05, 0) is 156 Å². The highest BCUT2D eigenvalue weighted by atomic mass is 127. The molecule has 0 heterocycles. The zero-order valence-corrected chi connectivity index (χ0v) is 26.0. The molecule has 1 unspecified atom stereocenters. The minimum absolute atomic E-state index is 0.117. The van der Waals surface area contributed by atoms with E-state index in [0.717, 1.165) is 48.3 Å². The van der Waals surface area contributed by atoms with E-state index in [2.05, 4.69) is 81.5 Å². The first-order valence-electron chi connectivity index (χ1n) is 15.6. The molecule has 36 heavy (non-hydrogen) atoms. The normalized spacial score (nSPS) is 43.1. The minimum Gasteiger partial charge on any atom is -0.393 e. The molecule has 2 heteroatoms. The Hall–Kier alpha value is -0.0900. The van der Waals surface area contributed by atoms with Crippen LogP contribution in [0.2, 0.25) is 0 Å². The standard InChI is InChI=1S/C34H53IO/c1-22(2)8-6-9-23(3)28-14-15-29-26-12-13-30-27(21-24-10-7-11-25(35)20-24)32(36)17-19-34(30,5)31(26)16-18-33(28,29)4/h7,10-11,20,22-23,26-32,36H,6,8-9,12-19,21H2,1-5H3/t23-,26+,27+,28-,29+,30?,31+,32-,33-,34+/m1/s1. The monoisotopic (exact) mass is 604 g/mol. The van der Waals surface area contributed by atoms with Gasteiger partial charge in [0.25, 0.3) is 0 Å². The van der Waals surface area contributed by atoms with Crippen LogP contribution >= 0.6 is 22.6 Å². The van der Waals surface area contributed by atoms with Crippen molar-refractivity contribution in [2.45, 2.75) is 118 Å². The Morgan fingerprint density at radius 3 is 2.36 bits per heavy atom. The van der Waals surface area contributed by atoms with Crippen molar-refractivity contribution in [3.8, 4) is 0 Å². The minimum atomic E-state index is -0.117. The Labute approximate surface area is 236 Å². The third-order valence-corrected chi connectivity index (χ3v) is 13.2. The zero-order chi connectivity index (χ0) is 25.7. The summed E-state index contributed by atoms with van der Waals surface area (Å²) in [5.41, 5.74) is 2.44. The largest absolute Gasteiger partial charge is 0.393 e. The van der Waals surface area contributed by atoms with Crippen LogP contribution in [0.4, 0.5) is 0 Å². The van der Waals surface area contributed by atoms with Crippen LogP contribution in [0.3, 0.4) is 0 Å². The highest BCUT2D eigenvalue weighted by molar-refractivity contribution is 14.1. The highest BCUT2D eigenvalue weighted by Gasteiger charge is 2.61. The molecule has 1 N–H and O–H groups in total. The van der Waals surface area contributed by atoms with Crippen LogP contribution < -0.4 is 0 Å². The molecule has 4 aliphatic rings. The molecule has 0 aromatic heterocycles. The summed E-state index contributed by atoms with van der Waals surface area (Å²) in [5, 5.41) is 11.2. The van der Waals surface area contributed by atoms with Gasteiger partial charge in [-0.25, -0.2) is 0 Å². The molecule has 5 rings (SSSR count). The second-order valence-electron chi connectivity index (χ2n) is 14.7. The first kappa shape index (κ1) is 27.5. The molecule has 0 aliphatic heterocycles. The van der Waals surface area contributed by atoms with Crippen molar-refractivity contribution >= 4 is 22.6 Å². The van der Waals surface area contributed by atoms with Gasteiger partial charge in [-0.15, -0.1) is 0 Å². The van der Waals surface area contributed by atoms with Gasteiger partial charge in [0.05, 0.1) is 6.10 Å². The molecule has 0 bridgehead atoms. The lowest BCUT2D eigenvalue weighted by molar-refractivity contribution is -0.152. The Balaban J connectivity index is 1.31. The topological polar surface area (TPSA) is 20.2 Å². The van der Waals surface area contributed by atoms with Crippen molar-refractivity contribution < 1.29 is 5.11 Å². The van der Waals surface area contributed by atoms with E-state index in [4.69, 9.17) is 0 Å². The lowest BCUT2D eigenvalue weighted by atomic mass is 9.42. The van der Waals surface area contributed by atoms with Crippen molar-refractivity contribution in [2.75, 3.05) is 0 Å². The molecule has 1 aromatic carbocycles. The summed E-state index contributed by atoms with van der Waals surface area (Å²) in [6, 6.07) is 9.03. The molecule has 0 saturated heterocycles. The van der Waals surface area contributed by atoms with Gasteiger partial charge in [-0.3, -0.25) is 0 Å². The van der Waals surface area contributed by atoms with Crippen molar-refractivity contribution in [1.82, 2.24) is 0 Å². The number of hydrogen-bond donors (Lipinski definition) is 1. The maximum absolute atomic E-state index is 11.2. The zero-order valence-electron chi connectivity index (χ0n) is 23.8. The second-order valence-corrected chi connectivity index (χ2v) is 15.9. The van der Waals surface area contributed by atoms with E-state index in [1.807, 2.05) is 0 Å². The molecule has 1 aromatic rings. The predicted molar refractivity (Wildman–Crippen MR) is 161 cm³/mol. The summed E-state index contributed by atoms with van der Waals surface area (Å²) < 4.78 is 1.32. The number of hydrogen-bond acceptors (Lipinski definition) is 1. The Kier molecular flexibility index (Phi) is 8.26. The lowest BCUT2D eigenvalue weighted by Crippen LogP contribution is -2.57. The van der Waals surface area contributed by atoms with Crippen molar-refractivity contribution in [2.24, 2.45) is 58.2 Å². The Bertz CT molecular complexity index is 895. The van der Waals surface area contributed by atoms with E-state index in [-0.39, 0.29) is 6.10 Å². The van der Waals surface area contributed by atoms with Gasteiger partial charge in [0.1, 0.15) is 0 Å². The van der Waals surface area contributed by atoms with Gasteiger partial charge < -0.3 is 5.11 Å². The van der Waals surface area contributed by atoms with Crippen molar-refractivity contribution in [3.05, 3.63) is 33.4 Å². The fourth-order valence-electron chi connectivity index (χ4n) is 10.7. The van der Waals surface area contributed by atoms with Crippen LogP contribution in [0.5, 0.6) is 0 Å². The van der Waals surface area contributed by atoms with Gasteiger partial charge in [0.2, 0.25) is 0 Å². The molecule has 4 saturated carbocycles. The Morgan fingerprint density at radius 1 is 0.889 bits per heavy atom. The fourth-order valence-corrected chi connectivity index (χ4v) is 11.3. The van der Waals surface area contributed by atoms with E-state index in [1.54, 1.807) is 0 Å². The van der Waals surface area contributed by atoms with E-state index in [0.29, 0.717) is 22.7 Å². The summed E-state index contributed by atoms with van der Waals surface area (Å²) >= 11 is 2.44.